The summed E-state index contributed by atoms with van der Waals surface area (Å²) in [6.07, 6.45) is 1.85. The van der Waals surface area contributed by atoms with Crippen molar-refractivity contribution in [3.8, 4) is 0 Å². The van der Waals surface area contributed by atoms with E-state index in [2.05, 4.69) is 15.0 Å². The zero-order chi connectivity index (χ0) is 13.9. The van der Waals surface area contributed by atoms with E-state index in [0.29, 0.717) is 17.4 Å². The molecule has 1 aliphatic carbocycles. The number of sulfonamides is 1. The van der Waals surface area contributed by atoms with Crippen molar-refractivity contribution in [2.45, 2.75) is 30.3 Å². The highest BCUT2D eigenvalue weighted by Gasteiger charge is 2.27. The Bertz CT molecular complexity index is 562. The molecular formula is C12H18N4O2S. The van der Waals surface area contributed by atoms with Gasteiger partial charge in [0.2, 0.25) is 10.0 Å². The second-order valence-corrected chi connectivity index (χ2v) is 6.22. The highest BCUT2D eigenvalue weighted by molar-refractivity contribution is 7.89. The van der Waals surface area contributed by atoms with E-state index in [0.717, 1.165) is 18.4 Å². The Morgan fingerprint density at radius 3 is 2.53 bits per heavy atom. The van der Waals surface area contributed by atoms with Crippen LogP contribution in [-0.4, -0.2) is 27.5 Å². The third-order valence-electron chi connectivity index (χ3n) is 2.85. The van der Waals surface area contributed by atoms with Crippen LogP contribution < -0.4 is 15.8 Å². The Morgan fingerprint density at radius 1 is 1.37 bits per heavy atom. The molecule has 7 heteroatoms. The summed E-state index contributed by atoms with van der Waals surface area (Å²) in [6, 6.07) is 6.84. The Hall–Kier alpha value is -1.60. The van der Waals surface area contributed by atoms with E-state index in [1.54, 1.807) is 31.3 Å². The molecule has 0 radical (unpaired) electrons. The molecule has 0 aliphatic heterocycles. The topological polar surface area (TPSA) is 96.6 Å². The van der Waals surface area contributed by atoms with Crippen molar-refractivity contribution in [1.29, 1.82) is 0 Å². The van der Waals surface area contributed by atoms with Crippen LogP contribution in [-0.2, 0) is 16.6 Å². The van der Waals surface area contributed by atoms with Gasteiger partial charge in [-0.3, -0.25) is 4.99 Å². The number of aliphatic imine (C=N–C) groups is 1. The fraction of sp³-hybridized carbons (Fsp3) is 0.417. The van der Waals surface area contributed by atoms with Crippen molar-refractivity contribution in [1.82, 2.24) is 10.0 Å². The van der Waals surface area contributed by atoms with Crippen molar-refractivity contribution in [3.63, 3.8) is 0 Å². The average Bonchev–Trinajstić information content (AvgIpc) is 3.19. The van der Waals surface area contributed by atoms with Gasteiger partial charge in [-0.15, -0.1) is 0 Å². The van der Waals surface area contributed by atoms with E-state index in [1.807, 2.05) is 0 Å². The fourth-order valence-corrected chi connectivity index (χ4v) is 2.85. The number of nitrogens with two attached hydrogens (primary N) is 1. The van der Waals surface area contributed by atoms with E-state index < -0.39 is 10.0 Å². The standard InChI is InChI=1S/C12H18N4O2S/c1-14-12(13)15-8-9-2-6-11(7-3-9)19(17,18)16-10-4-5-10/h2-3,6-7,10,16H,4-5,8H2,1H3,(H3,13,14,15). The lowest BCUT2D eigenvalue weighted by molar-refractivity contribution is 0.581. The lowest BCUT2D eigenvalue weighted by Gasteiger charge is -2.08. The smallest absolute Gasteiger partial charge is 0.240 e. The first-order valence-electron chi connectivity index (χ1n) is 6.08. The zero-order valence-corrected chi connectivity index (χ0v) is 11.6. The lowest BCUT2D eigenvalue weighted by Crippen LogP contribution is -2.30. The largest absolute Gasteiger partial charge is 0.370 e. The summed E-state index contributed by atoms with van der Waals surface area (Å²) in [7, 11) is -1.77. The van der Waals surface area contributed by atoms with E-state index >= 15 is 0 Å². The van der Waals surface area contributed by atoms with Gasteiger partial charge >= 0.3 is 0 Å². The number of hydrogen-bond donors (Lipinski definition) is 3. The van der Waals surface area contributed by atoms with Gasteiger partial charge in [0.1, 0.15) is 0 Å². The molecular weight excluding hydrogens is 264 g/mol. The minimum Gasteiger partial charge on any atom is -0.370 e. The summed E-state index contributed by atoms with van der Waals surface area (Å²) in [5.41, 5.74) is 6.46. The first-order chi connectivity index (χ1) is 9.01. The van der Waals surface area contributed by atoms with Gasteiger partial charge in [0, 0.05) is 19.6 Å². The Kier molecular flexibility index (Phi) is 4.06. The summed E-state index contributed by atoms with van der Waals surface area (Å²) < 4.78 is 26.5. The molecule has 6 nitrogen and oxygen atoms in total. The molecule has 1 aromatic carbocycles. The number of nitrogens with zero attached hydrogens (tertiary/aromatic N) is 1. The molecule has 1 aromatic rings. The Labute approximate surface area is 113 Å². The van der Waals surface area contributed by atoms with Gasteiger partial charge in [0.15, 0.2) is 5.96 Å². The summed E-state index contributed by atoms with van der Waals surface area (Å²) in [5, 5.41) is 2.91. The molecule has 2 rings (SSSR count). The maximum Gasteiger partial charge on any atom is 0.240 e. The van der Waals surface area contributed by atoms with Crippen LogP contribution >= 0.6 is 0 Å². The zero-order valence-electron chi connectivity index (χ0n) is 10.8. The molecule has 0 bridgehead atoms. The van der Waals surface area contributed by atoms with E-state index in [4.69, 9.17) is 5.73 Å². The average molecular weight is 282 g/mol. The molecule has 1 aliphatic rings. The predicted molar refractivity (Wildman–Crippen MR) is 74.2 cm³/mol. The van der Waals surface area contributed by atoms with Crippen molar-refractivity contribution in [3.05, 3.63) is 29.8 Å². The minimum absolute atomic E-state index is 0.118. The third kappa shape index (κ3) is 3.93. The molecule has 104 valence electrons. The molecule has 1 saturated carbocycles. The van der Waals surface area contributed by atoms with Crippen LogP contribution in [0.25, 0.3) is 0 Å². The maximum absolute atomic E-state index is 11.9. The van der Waals surface area contributed by atoms with Crippen LogP contribution in [0.5, 0.6) is 0 Å². The molecule has 19 heavy (non-hydrogen) atoms. The summed E-state index contributed by atoms with van der Waals surface area (Å²) >= 11 is 0. The Balaban J connectivity index is 2.01. The van der Waals surface area contributed by atoms with Gasteiger partial charge in [0.05, 0.1) is 4.90 Å². The fourth-order valence-electron chi connectivity index (χ4n) is 1.55. The number of guanidine groups is 1. The van der Waals surface area contributed by atoms with Gasteiger partial charge in [-0.1, -0.05) is 12.1 Å². The summed E-state index contributed by atoms with van der Waals surface area (Å²) in [5.74, 6) is 0.354. The SMILES string of the molecule is CN=C(N)NCc1ccc(S(=O)(=O)NC2CC2)cc1. The predicted octanol–water partition coefficient (Wildman–Crippen LogP) is 0.161. The second kappa shape index (κ2) is 5.58. The van der Waals surface area contributed by atoms with Gasteiger partial charge in [-0.25, -0.2) is 13.1 Å². The number of rotatable bonds is 5. The molecule has 0 unspecified atom stereocenters. The lowest BCUT2D eigenvalue weighted by atomic mass is 10.2. The normalized spacial score (nSPS) is 16.4. The van der Waals surface area contributed by atoms with Gasteiger partial charge in [-0.2, -0.15) is 0 Å². The molecule has 0 atom stereocenters. The molecule has 4 N–H and O–H groups in total. The van der Waals surface area contributed by atoms with Crippen molar-refractivity contribution in [2.75, 3.05) is 7.05 Å². The molecule has 1 fully saturated rings. The second-order valence-electron chi connectivity index (χ2n) is 4.50. The first kappa shape index (κ1) is 13.8. The molecule has 0 saturated heterocycles. The molecule has 0 aromatic heterocycles. The molecule has 0 heterocycles. The number of hydrogen-bond acceptors (Lipinski definition) is 3. The van der Waals surface area contributed by atoms with Crippen LogP contribution in [0.15, 0.2) is 34.2 Å². The van der Waals surface area contributed by atoms with Crippen LogP contribution in [0.3, 0.4) is 0 Å². The molecule has 0 amide bonds. The van der Waals surface area contributed by atoms with Gasteiger partial charge < -0.3 is 11.1 Å². The monoisotopic (exact) mass is 282 g/mol. The highest BCUT2D eigenvalue weighted by Crippen LogP contribution is 2.22. The highest BCUT2D eigenvalue weighted by atomic mass is 32.2. The number of nitrogens with one attached hydrogen (secondary N) is 2. The van der Waals surface area contributed by atoms with E-state index in [1.165, 1.54) is 0 Å². The quantitative estimate of drug-likeness (QED) is 0.529. The third-order valence-corrected chi connectivity index (χ3v) is 4.38. The minimum atomic E-state index is -3.37. The van der Waals surface area contributed by atoms with Gasteiger partial charge in [-0.05, 0) is 30.5 Å². The van der Waals surface area contributed by atoms with E-state index in [9.17, 15) is 8.42 Å². The molecule has 0 spiro atoms. The first-order valence-corrected chi connectivity index (χ1v) is 7.57. The Morgan fingerprint density at radius 2 is 2.00 bits per heavy atom. The van der Waals surface area contributed by atoms with Crippen molar-refractivity contribution < 1.29 is 8.42 Å². The van der Waals surface area contributed by atoms with Crippen LogP contribution in [0.2, 0.25) is 0 Å². The van der Waals surface area contributed by atoms with Crippen molar-refractivity contribution in [2.24, 2.45) is 10.7 Å². The summed E-state index contributed by atoms with van der Waals surface area (Å²) in [6.45, 7) is 0.513. The van der Waals surface area contributed by atoms with Crippen molar-refractivity contribution >= 4 is 16.0 Å². The van der Waals surface area contributed by atoms with Crippen LogP contribution in [0, 0.1) is 0 Å². The maximum atomic E-state index is 11.9. The van der Waals surface area contributed by atoms with Crippen LogP contribution in [0.4, 0.5) is 0 Å². The van der Waals surface area contributed by atoms with Gasteiger partial charge in [0.25, 0.3) is 0 Å². The van der Waals surface area contributed by atoms with Crippen LogP contribution in [0.1, 0.15) is 18.4 Å². The summed E-state index contributed by atoms with van der Waals surface area (Å²) in [4.78, 5) is 4.07. The number of benzene rings is 1. The van der Waals surface area contributed by atoms with E-state index in [-0.39, 0.29) is 6.04 Å².